The Kier molecular flexibility index (Phi) is 5.12. The molecule has 0 aliphatic carbocycles. The summed E-state index contributed by atoms with van der Waals surface area (Å²) in [4.78, 5) is 21.0. The first kappa shape index (κ1) is 11.0. The predicted molar refractivity (Wildman–Crippen MR) is 46.7 cm³/mol. The zero-order valence-corrected chi connectivity index (χ0v) is 7.52. The van der Waals surface area contributed by atoms with Crippen LogP contribution in [0.15, 0.2) is 11.6 Å². The second-order valence-electron chi connectivity index (χ2n) is 2.19. The largest absolute Gasteiger partial charge is 0.366 e. The van der Waals surface area contributed by atoms with Crippen LogP contribution < -0.4 is 11.1 Å². The van der Waals surface area contributed by atoms with Gasteiger partial charge in [0.25, 0.3) is 0 Å². The van der Waals surface area contributed by atoms with E-state index in [4.69, 9.17) is 17.3 Å². The molecule has 0 atom stereocenters. The molecule has 0 fully saturated rings. The Morgan fingerprint density at radius 1 is 1.58 bits per heavy atom. The van der Waals surface area contributed by atoms with Crippen molar-refractivity contribution in [2.45, 2.75) is 6.92 Å². The maximum absolute atomic E-state index is 10.6. The summed E-state index contributed by atoms with van der Waals surface area (Å²) in [5, 5.41) is 2.46. The van der Waals surface area contributed by atoms with Crippen molar-refractivity contribution in [3.05, 3.63) is 11.6 Å². The monoisotopic (exact) mass is 190 g/mol. The lowest BCUT2D eigenvalue weighted by Gasteiger charge is -1.98. The summed E-state index contributed by atoms with van der Waals surface area (Å²) in [6.07, 6.45) is 1.53. The highest BCUT2D eigenvalue weighted by molar-refractivity contribution is 6.27. The number of alkyl halides is 1. The van der Waals surface area contributed by atoms with Crippen molar-refractivity contribution in [3.63, 3.8) is 0 Å². The van der Waals surface area contributed by atoms with Crippen molar-refractivity contribution in [1.29, 1.82) is 0 Å². The van der Waals surface area contributed by atoms with Crippen LogP contribution in [0.4, 0.5) is 0 Å². The standard InChI is InChI=1S/C7H11ClN2O2/c1-5(7(9)12)2-3-10-6(11)4-8/h2H,3-4H2,1H3,(H2,9,12)(H,10,11). The minimum Gasteiger partial charge on any atom is -0.366 e. The van der Waals surface area contributed by atoms with Gasteiger partial charge in [0.2, 0.25) is 11.8 Å². The lowest BCUT2D eigenvalue weighted by molar-refractivity contribution is -0.118. The molecule has 0 spiro atoms. The zero-order chi connectivity index (χ0) is 9.56. The molecule has 0 saturated heterocycles. The summed E-state index contributed by atoms with van der Waals surface area (Å²) in [6, 6.07) is 0. The lowest BCUT2D eigenvalue weighted by atomic mass is 10.3. The topological polar surface area (TPSA) is 72.2 Å². The average molecular weight is 191 g/mol. The number of rotatable bonds is 4. The van der Waals surface area contributed by atoms with Gasteiger partial charge >= 0.3 is 0 Å². The number of nitrogens with one attached hydrogen (secondary N) is 1. The number of halogens is 1. The molecule has 4 nitrogen and oxygen atoms in total. The average Bonchev–Trinajstić information content (AvgIpc) is 2.03. The third-order valence-electron chi connectivity index (χ3n) is 1.22. The second-order valence-corrected chi connectivity index (χ2v) is 2.46. The maximum Gasteiger partial charge on any atom is 0.244 e. The molecule has 0 aromatic heterocycles. The van der Waals surface area contributed by atoms with E-state index in [9.17, 15) is 9.59 Å². The van der Waals surface area contributed by atoms with Gasteiger partial charge in [-0.15, -0.1) is 11.6 Å². The van der Waals surface area contributed by atoms with Crippen molar-refractivity contribution in [2.75, 3.05) is 12.4 Å². The number of hydrogen-bond acceptors (Lipinski definition) is 2. The Balaban J connectivity index is 3.75. The van der Waals surface area contributed by atoms with Crippen LogP contribution in [0.1, 0.15) is 6.92 Å². The van der Waals surface area contributed by atoms with Gasteiger partial charge in [-0.3, -0.25) is 9.59 Å². The van der Waals surface area contributed by atoms with Crippen LogP contribution in [0.3, 0.4) is 0 Å². The Morgan fingerprint density at radius 3 is 2.58 bits per heavy atom. The second kappa shape index (κ2) is 5.60. The molecule has 0 bridgehead atoms. The Bertz CT molecular complexity index is 213. The number of carbonyl (C=O) groups excluding carboxylic acids is 2. The van der Waals surface area contributed by atoms with Crippen LogP contribution in [0.2, 0.25) is 0 Å². The summed E-state index contributed by atoms with van der Waals surface area (Å²) in [5.74, 6) is -0.844. The van der Waals surface area contributed by atoms with Crippen LogP contribution in [0, 0.1) is 0 Å². The van der Waals surface area contributed by atoms with Crippen molar-refractivity contribution in [2.24, 2.45) is 5.73 Å². The van der Waals surface area contributed by atoms with Crippen LogP contribution in [-0.2, 0) is 9.59 Å². The molecule has 0 aliphatic heterocycles. The van der Waals surface area contributed by atoms with Crippen LogP contribution in [0.25, 0.3) is 0 Å². The van der Waals surface area contributed by atoms with Gasteiger partial charge < -0.3 is 11.1 Å². The van der Waals surface area contributed by atoms with Gasteiger partial charge in [-0.05, 0) is 6.92 Å². The summed E-state index contributed by atoms with van der Waals surface area (Å²) in [5.41, 5.74) is 5.36. The zero-order valence-electron chi connectivity index (χ0n) is 6.76. The normalized spacial score (nSPS) is 11.0. The van der Waals surface area contributed by atoms with Crippen molar-refractivity contribution < 1.29 is 9.59 Å². The van der Waals surface area contributed by atoms with Crippen molar-refractivity contribution >= 4 is 23.4 Å². The van der Waals surface area contributed by atoms with Gasteiger partial charge in [-0.2, -0.15) is 0 Å². The van der Waals surface area contributed by atoms with E-state index in [0.717, 1.165) is 0 Å². The Labute approximate surface area is 75.8 Å². The highest BCUT2D eigenvalue weighted by Crippen LogP contribution is 1.87. The molecule has 0 unspecified atom stereocenters. The molecule has 0 saturated carbocycles. The number of amides is 2. The molecule has 2 amide bonds. The van der Waals surface area contributed by atoms with Crippen LogP contribution in [0.5, 0.6) is 0 Å². The molecular weight excluding hydrogens is 180 g/mol. The first-order valence-corrected chi connectivity index (χ1v) is 3.90. The minimum atomic E-state index is -0.491. The summed E-state index contributed by atoms with van der Waals surface area (Å²) in [7, 11) is 0. The highest BCUT2D eigenvalue weighted by atomic mass is 35.5. The van der Waals surface area contributed by atoms with Crippen molar-refractivity contribution in [1.82, 2.24) is 5.32 Å². The molecule has 0 rings (SSSR count). The first-order chi connectivity index (χ1) is 5.57. The van der Waals surface area contributed by atoms with E-state index in [0.29, 0.717) is 5.57 Å². The molecule has 0 radical (unpaired) electrons. The van der Waals surface area contributed by atoms with Crippen LogP contribution in [-0.4, -0.2) is 24.2 Å². The lowest BCUT2D eigenvalue weighted by Crippen LogP contribution is -2.25. The number of primary amides is 1. The first-order valence-electron chi connectivity index (χ1n) is 3.37. The summed E-state index contributed by atoms with van der Waals surface area (Å²) < 4.78 is 0. The van der Waals surface area contributed by atoms with Crippen LogP contribution >= 0.6 is 11.6 Å². The highest BCUT2D eigenvalue weighted by Gasteiger charge is 1.97. The van der Waals surface area contributed by atoms with Gasteiger partial charge in [0.15, 0.2) is 0 Å². The SMILES string of the molecule is CC(=CCNC(=O)CCl)C(N)=O. The summed E-state index contributed by atoms with van der Waals surface area (Å²) >= 11 is 5.21. The molecule has 0 heterocycles. The van der Waals surface area contributed by atoms with E-state index in [1.807, 2.05) is 0 Å². The molecule has 5 heteroatoms. The van der Waals surface area contributed by atoms with E-state index in [1.165, 1.54) is 6.08 Å². The molecular formula is C7H11ClN2O2. The Hall–Kier alpha value is -1.03. The quantitative estimate of drug-likeness (QED) is 0.475. The van der Waals surface area contributed by atoms with Crippen molar-refractivity contribution in [3.8, 4) is 0 Å². The van der Waals surface area contributed by atoms with Gasteiger partial charge in [0.1, 0.15) is 5.88 Å². The molecule has 3 N–H and O–H groups in total. The third-order valence-corrected chi connectivity index (χ3v) is 1.46. The van der Waals surface area contributed by atoms with Gasteiger partial charge in [0.05, 0.1) is 0 Å². The van der Waals surface area contributed by atoms with E-state index in [1.54, 1.807) is 6.92 Å². The third kappa shape index (κ3) is 4.73. The molecule has 12 heavy (non-hydrogen) atoms. The summed E-state index contributed by atoms with van der Waals surface area (Å²) in [6.45, 7) is 1.86. The van der Waals surface area contributed by atoms with Gasteiger partial charge in [0, 0.05) is 12.1 Å². The number of carbonyl (C=O) groups is 2. The smallest absolute Gasteiger partial charge is 0.244 e. The Morgan fingerprint density at radius 2 is 2.17 bits per heavy atom. The van der Waals surface area contributed by atoms with E-state index < -0.39 is 5.91 Å². The van der Waals surface area contributed by atoms with Gasteiger partial charge in [-0.1, -0.05) is 6.08 Å². The molecule has 0 aromatic carbocycles. The van der Waals surface area contributed by atoms with E-state index >= 15 is 0 Å². The fraction of sp³-hybridized carbons (Fsp3) is 0.429. The minimum absolute atomic E-state index is 0.0799. The van der Waals surface area contributed by atoms with E-state index in [-0.39, 0.29) is 18.3 Å². The molecule has 0 aromatic rings. The fourth-order valence-corrected chi connectivity index (χ4v) is 0.560. The predicted octanol–water partition coefficient (Wildman–Crippen LogP) is -0.227. The fourth-order valence-electron chi connectivity index (χ4n) is 0.466. The molecule has 68 valence electrons. The maximum atomic E-state index is 10.6. The van der Waals surface area contributed by atoms with E-state index in [2.05, 4.69) is 5.32 Å². The van der Waals surface area contributed by atoms with Gasteiger partial charge in [-0.25, -0.2) is 0 Å². The number of nitrogens with two attached hydrogens (primary N) is 1. The molecule has 0 aliphatic rings. The number of hydrogen-bond donors (Lipinski definition) is 2.